The fourth-order valence-electron chi connectivity index (χ4n) is 6.00. The van der Waals surface area contributed by atoms with E-state index in [1.54, 1.807) is 25.3 Å². The van der Waals surface area contributed by atoms with Crippen LogP contribution in [0.4, 0.5) is 5.82 Å². The first-order valence-electron chi connectivity index (χ1n) is 12.5. The molecule has 1 amide bonds. The van der Waals surface area contributed by atoms with Gasteiger partial charge in [0.1, 0.15) is 22.8 Å². The number of carbonyl (C=O) groups excluding carboxylic acids is 1. The third-order valence-corrected chi connectivity index (χ3v) is 9.39. The number of hydrogen-bond acceptors (Lipinski definition) is 7. The van der Waals surface area contributed by atoms with Crippen molar-refractivity contribution in [1.82, 2.24) is 23.8 Å². The molecule has 1 saturated heterocycles. The quantitative estimate of drug-likeness (QED) is 0.413. The summed E-state index contributed by atoms with van der Waals surface area (Å²) in [5.74, 6) is 1.17. The number of aromatic nitrogens is 4. The van der Waals surface area contributed by atoms with Crippen molar-refractivity contribution >= 4 is 38.4 Å². The molecule has 0 radical (unpaired) electrons. The second-order valence-corrected chi connectivity index (χ2v) is 12.4. The van der Waals surface area contributed by atoms with Crippen molar-refractivity contribution in [2.45, 2.75) is 31.8 Å². The summed E-state index contributed by atoms with van der Waals surface area (Å²) in [6, 6.07) is 9.20. The SMILES string of the molecule is COc1cc(C(=O)N2CC3CC[C@@H]2[C@@H]3N)cc2nc(-c3cc4ccc(N(C)S(C)(=O)=O)nc4n3C)c(C)n12. The molecule has 4 aromatic rings. The van der Waals surface area contributed by atoms with E-state index in [2.05, 4.69) is 4.98 Å². The average molecular weight is 538 g/mol. The number of hydrogen-bond donors (Lipinski definition) is 1. The van der Waals surface area contributed by atoms with Crippen molar-refractivity contribution < 1.29 is 17.9 Å². The lowest BCUT2D eigenvalue weighted by molar-refractivity contribution is 0.0700. The minimum atomic E-state index is -3.44. The Morgan fingerprint density at radius 3 is 2.58 bits per heavy atom. The molecular weight excluding hydrogens is 506 g/mol. The van der Waals surface area contributed by atoms with E-state index in [4.69, 9.17) is 15.5 Å². The highest BCUT2D eigenvalue weighted by molar-refractivity contribution is 7.92. The Morgan fingerprint density at radius 2 is 1.95 bits per heavy atom. The number of fused-ring (bicyclic) bond motifs is 4. The van der Waals surface area contributed by atoms with Crippen LogP contribution in [0.3, 0.4) is 0 Å². The maximum absolute atomic E-state index is 13.5. The van der Waals surface area contributed by atoms with E-state index in [-0.39, 0.29) is 18.0 Å². The lowest BCUT2D eigenvalue weighted by Gasteiger charge is -2.27. The van der Waals surface area contributed by atoms with E-state index >= 15 is 0 Å². The topological polar surface area (TPSA) is 128 Å². The van der Waals surface area contributed by atoms with Gasteiger partial charge in [0.15, 0.2) is 5.88 Å². The molecule has 38 heavy (non-hydrogen) atoms. The molecule has 2 N–H and O–H groups in total. The fraction of sp³-hybridized carbons (Fsp3) is 0.423. The number of likely N-dealkylation sites (tertiary alicyclic amines) is 1. The normalized spacial score (nSPS) is 21.1. The highest BCUT2D eigenvalue weighted by Gasteiger charge is 2.47. The van der Waals surface area contributed by atoms with E-state index < -0.39 is 10.0 Å². The Bertz CT molecular complexity index is 1720. The van der Waals surface area contributed by atoms with Gasteiger partial charge in [-0.25, -0.2) is 18.4 Å². The maximum atomic E-state index is 13.5. The summed E-state index contributed by atoms with van der Waals surface area (Å²) in [6.45, 7) is 2.64. The summed E-state index contributed by atoms with van der Waals surface area (Å²) in [6.07, 6.45) is 3.16. The van der Waals surface area contributed by atoms with Crippen LogP contribution in [0.5, 0.6) is 5.88 Å². The predicted molar refractivity (Wildman–Crippen MR) is 145 cm³/mol. The summed E-state index contributed by atoms with van der Waals surface area (Å²) >= 11 is 0. The van der Waals surface area contributed by atoms with Crippen molar-refractivity contribution in [3.05, 3.63) is 41.6 Å². The van der Waals surface area contributed by atoms with Crippen LogP contribution in [0, 0.1) is 12.8 Å². The van der Waals surface area contributed by atoms with Crippen LogP contribution in [-0.4, -0.2) is 77.2 Å². The second-order valence-electron chi connectivity index (χ2n) is 10.4. The van der Waals surface area contributed by atoms with Gasteiger partial charge in [0.05, 0.1) is 24.8 Å². The standard InChI is InChI=1S/C26H31N7O4S/c1-14-24(19-10-15-7-9-20(29-25(15)30(19)2)31(3)38(5,35)36)28-21-11-17(12-22(37-4)33(14)21)26(34)32-13-16-6-8-18(32)23(16)27/h7,9-12,16,18,23H,6,8,13,27H2,1-5H3/t16?,18-,23-/m1/s1. The van der Waals surface area contributed by atoms with Crippen LogP contribution >= 0.6 is 0 Å². The number of amides is 1. The van der Waals surface area contributed by atoms with Crippen LogP contribution in [0.15, 0.2) is 30.3 Å². The van der Waals surface area contributed by atoms with Crippen LogP contribution < -0.4 is 14.8 Å². The molecular formula is C26H31N7O4S. The number of carbonyl (C=O) groups is 1. The van der Waals surface area contributed by atoms with E-state index in [9.17, 15) is 13.2 Å². The van der Waals surface area contributed by atoms with Gasteiger partial charge < -0.3 is 19.9 Å². The molecule has 1 unspecified atom stereocenters. The zero-order chi connectivity index (χ0) is 27.1. The molecule has 0 spiro atoms. The van der Waals surface area contributed by atoms with E-state index in [0.29, 0.717) is 46.7 Å². The van der Waals surface area contributed by atoms with Gasteiger partial charge in [0, 0.05) is 49.7 Å². The molecule has 2 fully saturated rings. The molecule has 2 bridgehead atoms. The number of anilines is 1. The smallest absolute Gasteiger partial charge is 0.254 e. The first-order chi connectivity index (χ1) is 18.0. The minimum absolute atomic E-state index is 0.0441. The van der Waals surface area contributed by atoms with Crippen LogP contribution in [-0.2, 0) is 17.1 Å². The summed E-state index contributed by atoms with van der Waals surface area (Å²) < 4.78 is 34.7. The van der Waals surface area contributed by atoms with Crippen LogP contribution in [0.2, 0.25) is 0 Å². The third-order valence-electron chi connectivity index (χ3n) is 8.21. The van der Waals surface area contributed by atoms with Gasteiger partial charge in [0.25, 0.3) is 5.91 Å². The second kappa shape index (κ2) is 8.43. The van der Waals surface area contributed by atoms with Gasteiger partial charge in [-0.2, -0.15) is 0 Å². The molecule has 2 aliphatic rings. The molecule has 1 aliphatic carbocycles. The van der Waals surface area contributed by atoms with Crippen molar-refractivity contribution in [1.29, 1.82) is 0 Å². The molecule has 12 heteroatoms. The van der Waals surface area contributed by atoms with Crippen molar-refractivity contribution in [2.24, 2.45) is 18.7 Å². The Kier molecular flexibility index (Phi) is 5.48. The number of nitrogens with zero attached hydrogens (tertiary/aromatic N) is 6. The Hall–Kier alpha value is -3.64. The van der Waals surface area contributed by atoms with Crippen molar-refractivity contribution in [3.63, 3.8) is 0 Å². The summed E-state index contributed by atoms with van der Waals surface area (Å²) in [7, 11) is 1.49. The Morgan fingerprint density at radius 1 is 1.18 bits per heavy atom. The number of ether oxygens (including phenoxy) is 1. The third kappa shape index (κ3) is 3.57. The van der Waals surface area contributed by atoms with E-state index in [1.807, 2.05) is 40.0 Å². The maximum Gasteiger partial charge on any atom is 0.254 e. The number of imidazole rings is 1. The lowest BCUT2D eigenvalue weighted by atomic mass is 10.1. The number of nitrogens with two attached hydrogens (primary N) is 1. The average Bonchev–Trinajstić information content (AvgIpc) is 3.62. The first-order valence-corrected chi connectivity index (χ1v) is 14.4. The van der Waals surface area contributed by atoms with Gasteiger partial charge in [-0.1, -0.05) is 0 Å². The van der Waals surface area contributed by atoms with Gasteiger partial charge in [0.2, 0.25) is 10.0 Å². The van der Waals surface area contributed by atoms with Crippen molar-refractivity contribution in [3.8, 4) is 17.3 Å². The largest absolute Gasteiger partial charge is 0.482 e. The summed E-state index contributed by atoms with van der Waals surface area (Å²) in [5, 5.41) is 0.855. The number of piperidine rings is 1. The monoisotopic (exact) mass is 537 g/mol. The highest BCUT2D eigenvalue weighted by atomic mass is 32.2. The van der Waals surface area contributed by atoms with E-state index in [0.717, 1.165) is 40.2 Å². The molecule has 5 heterocycles. The van der Waals surface area contributed by atoms with Gasteiger partial charge in [-0.05, 0) is 49.9 Å². The first kappa shape index (κ1) is 24.7. The number of rotatable bonds is 5. The molecule has 200 valence electrons. The molecule has 1 aliphatic heterocycles. The van der Waals surface area contributed by atoms with Crippen LogP contribution in [0.25, 0.3) is 28.1 Å². The van der Waals surface area contributed by atoms with Gasteiger partial charge >= 0.3 is 0 Å². The molecule has 11 nitrogen and oxygen atoms in total. The van der Waals surface area contributed by atoms with Gasteiger partial charge in [-0.3, -0.25) is 13.5 Å². The minimum Gasteiger partial charge on any atom is -0.482 e. The Labute approximate surface area is 220 Å². The predicted octanol–water partition coefficient (Wildman–Crippen LogP) is 2.16. The highest BCUT2D eigenvalue weighted by Crippen LogP contribution is 2.38. The summed E-state index contributed by atoms with van der Waals surface area (Å²) in [5.41, 5.74) is 10.5. The number of sulfonamides is 1. The zero-order valence-corrected chi connectivity index (χ0v) is 22.9. The summed E-state index contributed by atoms with van der Waals surface area (Å²) in [4.78, 5) is 24.9. The number of aryl methyl sites for hydroxylation is 2. The zero-order valence-electron chi connectivity index (χ0n) is 22.0. The van der Waals surface area contributed by atoms with Crippen LogP contribution in [0.1, 0.15) is 28.9 Å². The van der Waals surface area contributed by atoms with E-state index in [1.165, 1.54) is 7.05 Å². The fourth-order valence-corrected chi connectivity index (χ4v) is 6.44. The molecule has 4 aromatic heterocycles. The number of methoxy groups -OCH3 is 1. The van der Waals surface area contributed by atoms with Crippen molar-refractivity contribution in [2.75, 3.05) is 31.3 Å². The number of pyridine rings is 2. The molecule has 0 aromatic carbocycles. The Balaban J connectivity index is 1.44. The molecule has 3 atom stereocenters. The lowest BCUT2D eigenvalue weighted by Crippen LogP contribution is -2.41. The molecule has 6 rings (SSSR count). The molecule has 1 saturated carbocycles. The van der Waals surface area contributed by atoms with Gasteiger partial charge in [-0.15, -0.1) is 0 Å².